The molecule has 2 heterocycles. The van der Waals surface area contributed by atoms with Gasteiger partial charge in [0.25, 0.3) is 0 Å². The Bertz CT molecular complexity index is 836. The van der Waals surface area contributed by atoms with Crippen molar-refractivity contribution in [2.75, 3.05) is 5.32 Å². The second-order valence-corrected chi connectivity index (χ2v) is 5.82. The largest absolute Gasteiger partial charge is 0.323 e. The van der Waals surface area contributed by atoms with Crippen molar-refractivity contribution in [3.8, 4) is 5.69 Å². The zero-order valence-electron chi connectivity index (χ0n) is 13.0. The van der Waals surface area contributed by atoms with Gasteiger partial charge in [-0.3, -0.25) is 9.48 Å². The summed E-state index contributed by atoms with van der Waals surface area (Å²) in [6, 6.07) is 11.2. The lowest BCUT2D eigenvalue weighted by Gasteiger charge is -2.13. The second kappa shape index (κ2) is 6.30. The highest BCUT2D eigenvalue weighted by Gasteiger charge is 2.11. The normalized spacial score (nSPS) is 10.7. The van der Waals surface area contributed by atoms with E-state index < -0.39 is 0 Å². The van der Waals surface area contributed by atoms with E-state index in [1.165, 1.54) is 0 Å². The van der Waals surface area contributed by atoms with Crippen molar-refractivity contribution in [1.82, 2.24) is 14.3 Å². The fourth-order valence-corrected chi connectivity index (χ4v) is 2.65. The average molecular weight is 329 g/mol. The predicted molar refractivity (Wildman–Crippen MR) is 91.1 cm³/mol. The molecule has 6 heteroatoms. The molecule has 0 fully saturated rings. The van der Waals surface area contributed by atoms with Gasteiger partial charge in [-0.15, -0.1) is 0 Å². The number of anilines is 1. The van der Waals surface area contributed by atoms with Crippen LogP contribution in [0.4, 0.5) is 5.69 Å². The molecule has 5 nitrogen and oxygen atoms in total. The lowest BCUT2D eigenvalue weighted by Crippen LogP contribution is -2.21. The summed E-state index contributed by atoms with van der Waals surface area (Å²) in [5.74, 6) is -0.132. The summed E-state index contributed by atoms with van der Waals surface area (Å²) in [6.45, 7) is 4.01. The van der Waals surface area contributed by atoms with E-state index >= 15 is 0 Å². The van der Waals surface area contributed by atoms with Crippen LogP contribution in [-0.4, -0.2) is 20.3 Å². The Morgan fingerprint density at radius 2 is 1.96 bits per heavy atom. The van der Waals surface area contributed by atoms with Crippen LogP contribution in [-0.2, 0) is 11.3 Å². The zero-order chi connectivity index (χ0) is 16.4. The molecule has 3 aromatic rings. The van der Waals surface area contributed by atoms with Gasteiger partial charge in [0, 0.05) is 23.1 Å². The van der Waals surface area contributed by atoms with Gasteiger partial charge in [0.1, 0.15) is 6.54 Å². The maximum absolute atomic E-state index is 12.3. The quantitative estimate of drug-likeness (QED) is 0.795. The van der Waals surface area contributed by atoms with Gasteiger partial charge < -0.3 is 9.88 Å². The topological polar surface area (TPSA) is 51.9 Å². The standard InChI is InChI=1S/C17H17ClN4O/c1-12-9-13(2)22(20-12)11-17(23)19-15-6-5-14(18)10-16(15)21-7-3-4-8-21/h3-10H,11H2,1-2H3,(H,19,23). The van der Waals surface area contributed by atoms with E-state index in [0.29, 0.717) is 10.7 Å². The highest BCUT2D eigenvalue weighted by Crippen LogP contribution is 2.24. The van der Waals surface area contributed by atoms with Crippen LogP contribution in [0.25, 0.3) is 5.69 Å². The minimum Gasteiger partial charge on any atom is -0.323 e. The molecule has 0 atom stereocenters. The third-order valence-electron chi connectivity index (χ3n) is 3.51. The van der Waals surface area contributed by atoms with E-state index in [-0.39, 0.29) is 12.5 Å². The number of aryl methyl sites for hydroxylation is 2. The molecule has 0 radical (unpaired) electrons. The molecule has 0 aliphatic carbocycles. The zero-order valence-corrected chi connectivity index (χ0v) is 13.7. The van der Waals surface area contributed by atoms with Crippen LogP contribution in [0.2, 0.25) is 5.02 Å². The number of hydrogen-bond donors (Lipinski definition) is 1. The number of rotatable bonds is 4. The molecule has 1 N–H and O–H groups in total. The molecule has 1 aromatic carbocycles. The molecule has 0 spiro atoms. The maximum Gasteiger partial charge on any atom is 0.246 e. The monoisotopic (exact) mass is 328 g/mol. The van der Waals surface area contributed by atoms with Gasteiger partial charge in [-0.25, -0.2) is 0 Å². The first-order valence-electron chi connectivity index (χ1n) is 7.27. The van der Waals surface area contributed by atoms with Gasteiger partial charge in [0.05, 0.1) is 17.1 Å². The van der Waals surface area contributed by atoms with E-state index in [1.807, 2.05) is 55.1 Å². The van der Waals surface area contributed by atoms with Crippen molar-refractivity contribution in [3.63, 3.8) is 0 Å². The molecule has 23 heavy (non-hydrogen) atoms. The smallest absolute Gasteiger partial charge is 0.246 e. The van der Waals surface area contributed by atoms with E-state index in [4.69, 9.17) is 11.6 Å². The van der Waals surface area contributed by atoms with Crippen molar-refractivity contribution >= 4 is 23.2 Å². The minimum absolute atomic E-state index is 0.132. The summed E-state index contributed by atoms with van der Waals surface area (Å²) in [7, 11) is 0. The number of aromatic nitrogens is 3. The lowest BCUT2D eigenvalue weighted by molar-refractivity contribution is -0.116. The Labute approximate surface area is 139 Å². The highest BCUT2D eigenvalue weighted by atomic mass is 35.5. The number of carbonyl (C=O) groups is 1. The molecule has 2 aromatic heterocycles. The number of carbonyl (C=O) groups excluding carboxylic acids is 1. The SMILES string of the molecule is Cc1cc(C)n(CC(=O)Nc2ccc(Cl)cc2-n2cccc2)n1. The van der Waals surface area contributed by atoms with Crippen molar-refractivity contribution in [3.05, 3.63) is 65.2 Å². The summed E-state index contributed by atoms with van der Waals surface area (Å²) in [5, 5.41) is 7.86. The maximum atomic E-state index is 12.3. The van der Waals surface area contributed by atoms with Gasteiger partial charge in [-0.05, 0) is 50.2 Å². The van der Waals surface area contributed by atoms with Crippen molar-refractivity contribution in [2.24, 2.45) is 0 Å². The summed E-state index contributed by atoms with van der Waals surface area (Å²) >= 11 is 6.08. The van der Waals surface area contributed by atoms with Crippen LogP contribution in [0.3, 0.4) is 0 Å². The highest BCUT2D eigenvalue weighted by molar-refractivity contribution is 6.30. The van der Waals surface area contributed by atoms with Crippen molar-refractivity contribution < 1.29 is 4.79 Å². The summed E-state index contributed by atoms with van der Waals surface area (Å²) in [4.78, 5) is 12.3. The number of hydrogen-bond acceptors (Lipinski definition) is 2. The molecule has 1 amide bonds. The van der Waals surface area contributed by atoms with E-state index in [0.717, 1.165) is 17.1 Å². The Kier molecular flexibility index (Phi) is 4.21. The fraction of sp³-hybridized carbons (Fsp3) is 0.176. The molecular formula is C17H17ClN4O. The first-order valence-corrected chi connectivity index (χ1v) is 7.64. The molecule has 0 aliphatic heterocycles. The second-order valence-electron chi connectivity index (χ2n) is 5.38. The number of nitrogens with one attached hydrogen (secondary N) is 1. The fourth-order valence-electron chi connectivity index (χ4n) is 2.48. The summed E-state index contributed by atoms with van der Waals surface area (Å²) in [5.41, 5.74) is 3.38. The molecule has 0 saturated carbocycles. The Morgan fingerprint density at radius 1 is 1.22 bits per heavy atom. The van der Waals surface area contributed by atoms with Crippen LogP contribution in [0.5, 0.6) is 0 Å². The van der Waals surface area contributed by atoms with Gasteiger partial charge in [0.15, 0.2) is 0 Å². The van der Waals surface area contributed by atoms with Crippen LogP contribution in [0, 0.1) is 13.8 Å². The van der Waals surface area contributed by atoms with E-state index in [9.17, 15) is 4.79 Å². The van der Waals surface area contributed by atoms with Crippen LogP contribution in [0.15, 0.2) is 48.8 Å². The van der Waals surface area contributed by atoms with Gasteiger partial charge in [-0.1, -0.05) is 11.6 Å². The summed E-state index contributed by atoms with van der Waals surface area (Å²) < 4.78 is 3.60. The minimum atomic E-state index is -0.132. The number of benzene rings is 1. The molecule has 3 rings (SSSR count). The molecule has 0 unspecified atom stereocenters. The Hall–Kier alpha value is -2.53. The Morgan fingerprint density at radius 3 is 2.61 bits per heavy atom. The van der Waals surface area contributed by atoms with Crippen LogP contribution in [0.1, 0.15) is 11.4 Å². The lowest BCUT2D eigenvalue weighted by atomic mass is 10.2. The van der Waals surface area contributed by atoms with E-state index in [2.05, 4.69) is 10.4 Å². The molecular weight excluding hydrogens is 312 g/mol. The first kappa shape index (κ1) is 15.4. The van der Waals surface area contributed by atoms with Gasteiger partial charge >= 0.3 is 0 Å². The van der Waals surface area contributed by atoms with Crippen LogP contribution < -0.4 is 5.32 Å². The van der Waals surface area contributed by atoms with Gasteiger partial charge in [-0.2, -0.15) is 5.10 Å². The third-order valence-corrected chi connectivity index (χ3v) is 3.75. The van der Waals surface area contributed by atoms with Crippen molar-refractivity contribution in [2.45, 2.75) is 20.4 Å². The van der Waals surface area contributed by atoms with Crippen LogP contribution >= 0.6 is 11.6 Å². The molecule has 0 bridgehead atoms. The van der Waals surface area contributed by atoms with E-state index in [1.54, 1.807) is 16.8 Å². The predicted octanol–water partition coefficient (Wildman–Crippen LogP) is 3.58. The summed E-state index contributed by atoms with van der Waals surface area (Å²) in [6.07, 6.45) is 3.81. The number of nitrogens with zero attached hydrogens (tertiary/aromatic N) is 3. The molecule has 0 aliphatic rings. The van der Waals surface area contributed by atoms with Crippen molar-refractivity contribution in [1.29, 1.82) is 0 Å². The first-order chi connectivity index (χ1) is 11.0. The third kappa shape index (κ3) is 3.46. The Balaban J connectivity index is 1.82. The average Bonchev–Trinajstić information content (AvgIpc) is 3.11. The number of halogens is 1. The van der Waals surface area contributed by atoms with Gasteiger partial charge in [0.2, 0.25) is 5.91 Å². The molecule has 0 saturated heterocycles. The number of amides is 1. The molecule has 118 valence electrons.